The minimum absolute atomic E-state index is 0.0148. The number of carbonyl (C=O) groups is 3. The molecule has 2 aliphatic rings. The van der Waals surface area contributed by atoms with Crippen molar-refractivity contribution in [2.45, 2.75) is 38.2 Å². The molecule has 0 aromatic rings. The first-order chi connectivity index (χ1) is 12.0. The summed E-state index contributed by atoms with van der Waals surface area (Å²) in [4.78, 5) is 38.5. The molecule has 8 heteroatoms. The van der Waals surface area contributed by atoms with Crippen molar-refractivity contribution in [1.82, 2.24) is 15.1 Å². The van der Waals surface area contributed by atoms with Crippen LogP contribution in [0.4, 0.5) is 0 Å². The number of nitrogens with zero attached hydrogens (tertiary/aromatic N) is 2. The van der Waals surface area contributed by atoms with Gasteiger partial charge in [0.25, 0.3) is 0 Å². The predicted molar refractivity (Wildman–Crippen MR) is 91.0 cm³/mol. The standard InChI is InChI=1S/C17H29N3O5/c1-19(12-16(22)23)10-14-11-20(7-8-25-14)15(21)9-18-17(24)13-5-3-2-4-6-13/h13-14H,2-12H2,1H3,(H,18,24)(H,22,23). The summed E-state index contributed by atoms with van der Waals surface area (Å²) in [6.45, 7) is 1.75. The van der Waals surface area contributed by atoms with E-state index in [2.05, 4.69) is 5.32 Å². The number of hydrogen-bond donors (Lipinski definition) is 2. The Hall–Kier alpha value is -1.67. The maximum absolute atomic E-state index is 12.3. The average molecular weight is 355 g/mol. The first-order valence-electron chi connectivity index (χ1n) is 9.03. The van der Waals surface area contributed by atoms with Crippen LogP contribution in [0.15, 0.2) is 0 Å². The fourth-order valence-corrected chi connectivity index (χ4v) is 3.48. The molecule has 2 rings (SSSR count). The number of nitrogens with one attached hydrogen (secondary N) is 1. The van der Waals surface area contributed by atoms with Crippen molar-refractivity contribution in [3.8, 4) is 0 Å². The number of likely N-dealkylation sites (N-methyl/N-ethyl adjacent to an activating group) is 1. The highest BCUT2D eigenvalue weighted by atomic mass is 16.5. The van der Waals surface area contributed by atoms with E-state index >= 15 is 0 Å². The lowest BCUT2D eigenvalue weighted by molar-refractivity contribution is -0.142. The molecule has 2 amide bonds. The quantitative estimate of drug-likeness (QED) is 0.663. The molecule has 0 aromatic carbocycles. The summed E-state index contributed by atoms with van der Waals surface area (Å²) in [6, 6.07) is 0. The molecule has 1 atom stereocenters. The second-order valence-corrected chi connectivity index (χ2v) is 6.98. The number of carboxylic acids is 1. The van der Waals surface area contributed by atoms with Gasteiger partial charge in [0, 0.05) is 25.6 Å². The zero-order valence-corrected chi connectivity index (χ0v) is 14.9. The van der Waals surface area contributed by atoms with E-state index in [0.717, 1.165) is 25.7 Å². The molecular formula is C17H29N3O5. The molecule has 8 nitrogen and oxygen atoms in total. The van der Waals surface area contributed by atoms with E-state index in [9.17, 15) is 14.4 Å². The molecule has 1 heterocycles. The first-order valence-corrected chi connectivity index (χ1v) is 9.03. The topological polar surface area (TPSA) is 99.2 Å². The van der Waals surface area contributed by atoms with Crippen LogP contribution < -0.4 is 5.32 Å². The molecule has 2 fully saturated rings. The summed E-state index contributed by atoms with van der Waals surface area (Å²) in [5.74, 6) is -0.974. The number of aliphatic carboxylic acids is 1. The molecule has 2 N–H and O–H groups in total. The lowest BCUT2D eigenvalue weighted by atomic mass is 9.89. The van der Waals surface area contributed by atoms with Crippen LogP contribution in [0.5, 0.6) is 0 Å². The third-order valence-electron chi connectivity index (χ3n) is 4.80. The zero-order valence-electron chi connectivity index (χ0n) is 14.9. The van der Waals surface area contributed by atoms with Gasteiger partial charge in [0.2, 0.25) is 11.8 Å². The predicted octanol–water partition coefficient (Wildman–Crippen LogP) is -0.0733. The van der Waals surface area contributed by atoms with Gasteiger partial charge in [0.05, 0.1) is 25.8 Å². The van der Waals surface area contributed by atoms with Crippen LogP contribution in [-0.4, -0.2) is 85.2 Å². The SMILES string of the molecule is CN(CC(=O)O)CC1CN(C(=O)CNC(=O)C2CCCCC2)CCO1. The third kappa shape index (κ3) is 6.62. The highest BCUT2D eigenvalue weighted by Crippen LogP contribution is 2.23. The Balaban J connectivity index is 1.73. The Bertz CT molecular complexity index is 479. The number of carbonyl (C=O) groups excluding carboxylic acids is 2. The molecule has 0 bridgehead atoms. The van der Waals surface area contributed by atoms with Gasteiger partial charge in [-0.2, -0.15) is 0 Å². The Labute approximate surface area is 148 Å². The third-order valence-corrected chi connectivity index (χ3v) is 4.80. The molecule has 0 spiro atoms. The molecule has 1 aliphatic carbocycles. The fraction of sp³-hybridized carbons (Fsp3) is 0.824. The van der Waals surface area contributed by atoms with Crippen LogP contribution in [0, 0.1) is 5.92 Å². The number of hydrogen-bond acceptors (Lipinski definition) is 5. The highest BCUT2D eigenvalue weighted by Gasteiger charge is 2.27. The lowest BCUT2D eigenvalue weighted by Crippen LogP contribution is -2.52. The summed E-state index contributed by atoms with van der Waals surface area (Å²) in [6.07, 6.45) is 4.97. The molecule has 25 heavy (non-hydrogen) atoms. The lowest BCUT2D eigenvalue weighted by Gasteiger charge is -2.34. The Kier molecular flexibility index (Phi) is 7.64. The molecule has 1 saturated heterocycles. The van der Waals surface area contributed by atoms with Gasteiger partial charge in [-0.1, -0.05) is 19.3 Å². The fourth-order valence-electron chi connectivity index (χ4n) is 3.48. The summed E-state index contributed by atoms with van der Waals surface area (Å²) < 4.78 is 5.62. The number of rotatable bonds is 7. The van der Waals surface area contributed by atoms with Crippen LogP contribution in [0.3, 0.4) is 0 Å². The summed E-state index contributed by atoms with van der Waals surface area (Å²) in [5, 5.41) is 11.6. The van der Waals surface area contributed by atoms with Gasteiger partial charge in [-0.25, -0.2) is 0 Å². The number of amides is 2. The average Bonchev–Trinajstić information content (AvgIpc) is 2.59. The van der Waals surface area contributed by atoms with Gasteiger partial charge in [0.1, 0.15) is 0 Å². The molecule has 1 saturated carbocycles. The van der Waals surface area contributed by atoms with E-state index in [-0.39, 0.29) is 36.9 Å². The molecule has 1 unspecified atom stereocenters. The van der Waals surface area contributed by atoms with Gasteiger partial charge in [-0.3, -0.25) is 19.3 Å². The number of ether oxygens (including phenoxy) is 1. The monoisotopic (exact) mass is 355 g/mol. The van der Waals surface area contributed by atoms with Gasteiger partial charge in [0.15, 0.2) is 0 Å². The first kappa shape index (κ1) is 19.7. The summed E-state index contributed by atoms with van der Waals surface area (Å²) >= 11 is 0. The van der Waals surface area contributed by atoms with Crippen LogP contribution in [-0.2, 0) is 19.1 Å². The van der Waals surface area contributed by atoms with Crippen molar-refractivity contribution in [1.29, 1.82) is 0 Å². The molecular weight excluding hydrogens is 326 g/mol. The van der Waals surface area contributed by atoms with Gasteiger partial charge in [-0.05, 0) is 19.9 Å². The summed E-state index contributed by atoms with van der Waals surface area (Å²) in [7, 11) is 1.71. The van der Waals surface area contributed by atoms with E-state index < -0.39 is 5.97 Å². The Morgan fingerprint density at radius 2 is 1.96 bits per heavy atom. The van der Waals surface area contributed by atoms with Crippen molar-refractivity contribution < 1.29 is 24.2 Å². The van der Waals surface area contributed by atoms with Crippen molar-refractivity contribution in [3.63, 3.8) is 0 Å². The van der Waals surface area contributed by atoms with Gasteiger partial charge >= 0.3 is 5.97 Å². The van der Waals surface area contributed by atoms with Crippen molar-refractivity contribution in [2.75, 3.05) is 46.4 Å². The van der Waals surface area contributed by atoms with Gasteiger partial charge in [-0.15, -0.1) is 0 Å². The zero-order chi connectivity index (χ0) is 18.2. The Morgan fingerprint density at radius 3 is 2.64 bits per heavy atom. The Morgan fingerprint density at radius 1 is 1.24 bits per heavy atom. The summed E-state index contributed by atoms with van der Waals surface area (Å²) in [5.41, 5.74) is 0. The van der Waals surface area contributed by atoms with E-state index in [1.807, 2.05) is 0 Å². The van der Waals surface area contributed by atoms with E-state index in [1.165, 1.54) is 6.42 Å². The van der Waals surface area contributed by atoms with Gasteiger partial charge < -0.3 is 20.1 Å². The minimum atomic E-state index is -0.892. The highest BCUT2D eigenvalue weighted by molar-refractivity contribution is 5.85. The maximum atomic E-state index is 12.3. The number of carboxylic acid groups (broad SMARTS) is 1. The normalized spacial score (nSPS) is 22.0. The van der Waals surface area contributed by atoms with Crippen LogP contribution >= 0.6 is 0 Å². The molecule has 0 radical (unpaired) electrons. The number of morpholine rings is 1. The second-order valence-electron chi connectivity index (χ2n) is 6.98. The molecule has 0 aromatic heterocycles. The van der Waals surface area contributed by atoms with E-state index in [0.29, 0.717) is 26.2 Å². The minimum Gasteiger partial charge on any atom is -0.480 e. The van der Waals surface area contributed by atoms with Crippen molar-refractivity contribution in [3.05, 3.63) is 0 Å². The largest absolute Gasteiger partial charge is 0.480 e. The molecule has 1 aliphatic heterocycles. The van der Waals surface area contributed by atoms with Crippen molar-refractivity contribution >= 4 is 17.8 Å². The van der Waals surface area contributed by atoms with Crippen LogP contribution in [0.25, 0.3) is 0 Å². The van der Waals surface area contributed by atoms with Crippen molar-refractivity contribution in [2.24, 2.45) is 5.92 Å². The van der Waals surface area contributed by atoms with Crippen LogP contribution in [0.1, 0.15) is 32.1 Å². The smallest absolute Gasteiger partial charge is 0.317 e. The van der Waals surface area contributed by atoms with E-state index in [1.54, 1.807) is 16.8 Å². The maximum Gasteiger partial charge on any atom is 0.317 e. The van der Waals surface area contributed by atoms with E-state index in [4.69, 9.17) is 9.84 Å². The molecule has 142 valence electrons. The van der Waals surface area contributed by atoms with Crippen LogP contribution in [0.2, 0.25) is 0 Å². The second kappa shape index (κ2) is 9.72.